The Labute approximate surface area is 108 Å². The van der Waals surface area contributed by atoms with Crippen LogP contribution in [-0.2, 0) is 11.2 Å². The van der Waals surface area contributed by atoms with Gasteiger partial charge in [-0.1, -0.05) is 6.92 Å². The molecular formula is C14H20N2O2. The Balaban J connectivity index is 1.86. The topological polar surface area (TPSA) is 47.7 Å². The molecule has 2 aliphatic heterocycles. The summed E-state index contributed by atoms with van der Waals surface area (Å²) >= 11 is 0. The van der Waals surface area contributed by atoms with Crippen LogP contribution in [-0.4, -0.2) is 33.4 Å². The minimum atomic E-state index is 0.430. The van der Waals surface area contributed by atoms with Crippen LogP contribution in [0.1, 0.15) is 12.5 Å². The number of methoxy groups -OCH3 is 1. The lowest BCUT2D eigenvalue weighted by molar-refractivity contribution is -0.127. The minimum absolute atomic E-state index is 0.430. The van der Waals surface area contributed by atoms with Crippen molar-refractivity contribution >= 4 is 11.4 Å². The Hall–Kier alpha value is -1.42. The molecule has 98 valence electrons. The van der Waals surface area contributed by atoms with E-state index in [0.29, 0.717) is 5.41 Å². The van der Waals surface area contributed by atoms with E-state index in [1.54, 1.807) is 7.11 Å². The molecule has 0 radical (unpaired) electrons. The molecule has 0 atom stereocenters. The van der Waals surface area contributed by atoms with Crippen molar-refractivity contribution in [2.24, 2.45) is 5.41 Å². The summed E-state index contributed by atoms with van der Waals surface area (Å²) in [5.74, 6) is 0.771. The summed E-state index contributed by atoms with van der Waals surface area (Å²) in [6, 6.07) is 4.11. The van der Waals surface area contributed by atoms with Crippen LogP contribution in [0.5, 0.6) is 5.75 Å². The molecule has 2 saturated heterocycles. The predicted molar refractivity (Wildman–Crippen MR) is 72.2 cm³/mol. The molecule has 4 nitrogen and oxygen atoms in total. The Bertz CT molecular complexity index is 461. The van der Waals surface area contributed by atoms with Gasteiger partial charge in [-0.25, -0.2) is 0 Å². The van der Waals surface area contributed by atoms with Gasteiger partial charge in [-0.15, -0.1) is 0 Å². The monoisotopic (exact) mass is 248 g/mol. The average molecular weight is 248 g/mol. The maximum Gasteiger partial charge on any atom is 0.143 e. The number of hydrogen-bond donors (Lipinski definition) is 1. The van der Waals surface area contributed by atoms with Crippen molar-refractivity contribution in [3.05, 3.63) is 17.7 Å². The third-order valence-electron chi connectivity index (χ3n) is 4.02. The molecule has 2 aliphatic rings. The standard InChI is InChI=1S/C14H20N2O2/c1-3-10-4-11(15)13(17-2)5-12(10)16-6-14(7-16)8-18-9-14/h4-5H,3,6-9,15H2,1-2H3. The van der Waals surface area contributed by atoms with Gasteiger partial charge in [0.15, 0.2) is 0 Å². The number of rotatable bonds is 3. The Morgan fingerprint density at radius 3 is 2.61 bits per heavy atom. The Morgan fingerprint density at radius 1 is 1.39 bits per heavy atom. The number of benzene rings is 1. The van der Waals surface area contributed by atoms with E-state index in [0.717, 1.165) is 44.2 Å². The molecule has 0 unspecified atom stereocenters. The van der Waals surface area contributed by atoms with Crippen LogP contribution < -0.4 is 15.4 Å². The zero-order valence-electron chi connectivity index (χ0n) is 11.0. The second-order valence-electron chi connectivity index (χ2n) is 5.43. The summed E-state index contributed by atoms with van der Waals surface area (Å²) in [6.07, 6.45) is 0.990. The highest BCUT2D eigenvalue weighted by molar-refractivity contribution is 5.68. The second kappa shape index (κ2) is 4.05. The van der Waals surface area contributed by atoms with Crippen molar-refractivity contribution in [3.8, 4) is 5.75 Å². The normalized spacial score (nSPS) is 20.4. The maximum atomic E-state index is 5.96. The molecule has 2 heterocycles. The summed E-state index contributed by atoms with van der Waals surface area (Å²) in [7, 11) is 1.67. The zero-order valence-corrected chi connectivity index (χ0v) is 11.0. The van der Waals surface area contributed by atoms with Crippen molar-refractivity contribution in [1.82, 2.24) is 0 Å². The van der Waals surface area contributed by atoms with Crippen molar-refractivity contribution in [2.45, 2.75) is 13.3 Å². The fourth-order valence-electron chi connectivity index (χ4n) is 2.89. The number of ether oxygens (including phenoxy) is 2. The van der Waals surface area contributed by atoms with E-state index in [4.69, 9.17) is 15.2 Å². The van der Waals surface area contributed by atoms with Gasteiger partial charge in [0, 0.05) is 24.8 Å². The second-order valence-corrected chi connectivity index (χ2v) is 5.43. The number of nitrogens with two attached hydrogens (primary N) is 1. The van der Waals surface area contributed by atoms with Gasteiger partial charge in [-0.3, -0.25) is 0 Å². The van der Waals surface area contributed by atoms with Crippen LogP contribution in [0, 0.1) is 5.41 Å². The van der Waals surface area contributed by atoms with Crippen LogP contribution in [0.25, 0.3) is 0 Å². The quantitative estimate of drug-likeness (QED) is 0.827. The van der Waals surface area contributed by atoms with E-state index in [1.165, 1.54) is 11.3 Å². The molecule has 1 spiro atoms. The summed E-state index contributed by atoms with van der Waals surface area (Å²) in [4.78, 5) is 2.41. The number of nitrogens with zero attached hydrogens (tertiary/aromatic N) is 1. The van der Waals surface area contributed by atoms with E-state index < -0.39 is 0 Å². The maximum absolute atomic E-state index is 5.96. The molecule has 1 aromatic rings. The molecule has 0 bridgehead atoms. The lowest BCUT2D eigenvalue weighted by atomic mass is 9.77. The van der Waals surface area contributed by atoms with Gasteiger partial charge < -0.3 is 20.1 Å². The third-order valence-corrected chi connectivity index (χ3v) is 4.02. The van der Waals surface area contributed by atoms with Crippen molar-refractivity contribution in [2.75, 3.05) is 44.0 Å². The molecule has 18 heavy (non-hydrogen) atoms. The first kappa shape index (κ1) is 11.7. The molecule has 0 aliphatic carbocycles. The highest BCUT2D eigenvalue weighted by Gasteiger charge is 2.49. The smallest absolute Gasteiger partial charge is 0.143 e. The highest BCUT2D eigenvalue weighted by Crippen LogP contribution is 2.43. The summed E-state index contributed by atoms with van der Waals surface area (Å²) < 4.78 is 10.6. The molecule has 3 rings (SSSR count). The van der Waals surface area contributed by atoms with E-state index >= 15 is 0 Å². The first-order valence-corrected chi connectivity index (χ1v) is 6.46. The fraction of sp³-hybridized carbons (Fsp3) is 0.571. The zero-order chi connectivity index (χ0) is 12.8. The number of aryl methyl sites for hydroxylation is 1. The van der Waals surface area contributed by atoms with Crippen molar-refractivity contribution in [3.63, 3.8) is 0 Å². The van der Waals surface area contributed by atoms with Crippen LogP contribution in [0.2, 0.25) is 0 Å². The van der Waals surface area contributed by atoms with Gasteiger partial charge >= 0.3 is 0 Å². The van der Waals surface area contributed by atoms with E-state index in [9.17, 15) is 0 Å². The molecule has 0 saturated carbocycles. The lowest BCUT2D eigenvalue weighted by Gasteiger charge is -2.56. The van der Waals surface area contributed by atoms with Crippen LogP contribution in [0.15, 0.2) is 12.1 Å². The number of hydrogen-bond acceptors (Lipinski definition) is 4. The molecule has 2 N–H and O–H groups in total. The Morgan fingerprint density at radius 2 is 2.11 bits per heavy atom. The van der Waals surface area contributed by atoms with Gasteiger partial charge in [0.2, 0.25) is 0 Å². The first-order valence-electron chi connectivity index (χ1n) is 6.46. The van der Waals surface area contributed by atoms with Crippen molar-refractivity contribution < 1.29 is 9.47 Å². The largest absolute Gasteiger partial charge is 0.495 e. The first-order chi connectivity index (χ1) is 8.67. The van der Waals surface area contributed by atoms with Crippen LogP contribution >= 0.6 is 0 Å². The SMILES string of the molecule is CCc1cc(N)c(OC)cc1N1CC2(COC2)C1. The third kappa shape index (κ3) is 1.63. The fourth-order valence-corrected chi connectivity index (χ4v) is 2.89. The average Bonchev–Trinajstić information content (AvgIpc) is 2.26. The van der Waals surface area contributed by atoms with Crippen molar-refractivity contribution in [1.29, 1.82) is 0 Å². The van der Waals surface area contributed by atoms with Gasteiger partial charge in [-0.05, 0) is 18.1 Å². The molecular weight excluding hydrogens is 228 g/mol. The molecule has 0 aromatic heterocycles. The van der Waals surface area contributed by atoms with Gasteiger partial charge in [0.1, 0.15) is 5.75 Å². The summed E-state index contributed by atoms with van der Waals surface area (Å²) in [5.41, 5.74) is 9.68. The van der Waals surface area contributed by atoms with Crippen LogP contribution in [0.4, 0.5) is 11.4 Å². The van der Waals surface area contributed by atoms with Gasteiger partial charge in [0.25, 0.3) is 0 Å². The molecule has 4 heteroatoms. The van der Waals surface area contributed by atoms with Gasteiger partial charge in [0.05, 0.1) is 31.4 Å². The predicted octanol–water partition coefficient (Wildman–Crippen LogP) is 1.68. The molecule has 2 fully saturated rings. The van der Waals surface area contributed by atoms with E-state index in [2.05, 4.69) is 17.9 Å². The number of nitrogen functional groups attached to an aromatic ring is 1. The molecule has 0 amide bonds. The van der Waals surface area contributed by atoms with Gasteiger partial charge in [-0.2, -0.15) is 0 Å². The summed E-state index contributed by atoms with van der Waals surface area (Å²) in [6.45, 7) is 6.17. The lowest BCUT2D eigenvalue weighted by Crippen LogP contribution is -2.66. The van der Waals surface area contributed by atoms with E-state index in [1.807, 2.05) is 6.07 Å². The number of anilines is 2. The summed E-state index contributed by atoms with van der Waals surface area (Å²) in [5, 5.41) is 0. The Kier molecular flexibility index (Phi) is 2.63. The van der Waals surface area contributed by atoms with Crippen LogP contribution in [0.3, 0.4) is 0 Å². The molecule has 1 aromatic carbocycles. The minimum Gasteiger partial charge on any atom is -0.495 e. The highest BCUT2D eigenvalue weighted by atomic mass is 16.5. The van der Waals surface area contributed by atoms with E-state index in [-0.39, 0.29) is 0 Å².